The van der Waals surface area contributed by atoms with Gasteiger partial charge in [-0.25, -0.2) is 0 Å². The minimum absolute atomic E-state index is 0.0836. The molecule has 0 bridgehead atoms. The van der Waals surface area contributed by atoms with Gasteiger partial charge in [0.1, 0.15) is 6.10 Å². The van der Waals surface area contributed by atoms with Crippen molar-refractivity contribution in [3.05, 3.63) is 0 Å². The summed E-state index contributed by atoms with van der Waals surface area (Å²) in [6, 6.07) is 0. The van der Waals surface area contributed by atoms with Crippen LogP contribution in [-0.4, -0.2) is 48.9 Å². The summed E-state index contributed by atoms with van der Waals surface area (Å²) in [4.78, 5) is 0. The maximum Gasteiger partial charge on any atom is 0.183 e. The molecule has 0 aromatic rings. The third kappa shape index (κ3) is 6.15. The van der Waals surface area contributed by atoms with Gasteiger partial charge in [0, 0.05) is 25.9 Å². The number of rotatable bonds is 8. The van der Waals surface area contributed by atoms with Gasteiger partial charge in [0.05, 0.1) is 14.1 Å². The molecule has 1 aliphatic rings. The van der Waals surface area contributed by atoms with E-state index in [9.17, 15) is 5.11 Å². The molecule has 5 nitrogen and oxygen atoms in total. The van der Waals surface area contributed by atoms with Crippen molar-refractivity contribution in [1.82, 2.24) is 0 Å². The maximum absolute atomic E-state index is 9.67. The van der Waals surface area contributed by atoms with Gasteiger partial charge in [-0.15, -0.1) is 11.4 Å². The Balaban J connectivity index is 2.33. The summed E-state index contributed by atoms with van der Waals surface area (Å²) in [5.74, 6) is -0.316. The maximum atomic E-state index is 9.67. The molecular weight excluding hydrogens is 275 g/mol. The quantitative estimate of drug-likeness (QED) is 0.421. The molecule has 7 heteroatoms. The molecule has 1 aliphatic heterocycles. The van der Waals surface area contributed by atoms with Gasteiger partial charge < -0.3 is 23.8 Å². The Bertz CT molecular complexity index is 236. The van der Waals surface area contributed by atoms with Crippen molar-refractivity contribution in [2.24, 2.45) is 0 Å². The predicted octanol–water partition coefficient (Wildman–Crippen LogP) is 2.14. The Hall–Kier alpha value is 0.580. The molecule has 1 rings (SSSR count). The third-order valence-electron chi connectivity index (χ3n) is 2.33. The SMILES string of the molecule is CCOPSCC1CC(OC(C)(C)O)C(OC)O1. The molecule has 0 aromatic heterocycles. The summed E-state index contributed by atoms with van der Waals surface area (Å²) in [5.41, 5.74) is 0. The van der Waals surface area contributed by atoms with Gasteiger partial charge in [0.2, 0.25) is 0 Å². The Morgan fingerprint density at radius 1 is 1.50 bits per heavy atom. The van der Waals surface area contributed by atoms with Crippen molar-refractivity contribution in [2.45, 2.75) is 51.5 Å². The fourth-order valence-corrected chi connectivity index (χ4v) is 3.75. The average molecular weight is 298 g/mol. The van der Waals surface area contributed by atoms with E-state index < -0.39 is 12.1 Å². The number of ether oxygens (including phenoxy) is 3. The second-order valence-corrected chi connectivity index (χ2v) is 6.97. The molecule has 0 saturated carbocycles. The zero-order valence-electron chi connectivity index (χ0n) is 11.3. The molecular formula is C11H23O5PS. The fraction of sp³-hybridized carbons (Fsp3) is 1.00. The minimum atomic E-state index is -1.17. The minimum Gasteiger partial charge on any atom is -0.366 e. The van der Waals surface area contributed by atoms with Crippen molar-refractivity contribution in [3.8, 4) is 0 Å². The number of methoxy groups -OCH3 is 1. The van der Waals surface area contributed by atoms with Gasteiger partial charge in [-0.2, -0.15) is 0 Å². The number of aliphatic hydroxyl groups is 1. The molecule has 4 unspecified atom stereocenters. The van der Waals surface area contributed by atoms with Gasteiger partial charge in [-0.1, -0.05) is 0 Å². The largest absolute Gasteiger partial charge is 0.366 e. The zero-order valence-corrected chi connectivity index (χ0v) is 13.2. The van der Waals surface area contributed by atoms with Crippen LogP contribution < -0.4 is 0 Å². The van der Waals surface area contributed by atoms with Crippen LogP contribution in [0.3, 0.4) is 0 Å². The van der Waals surface area contributed by atoms with Gasteiger partial charge >= 0.3 is 0 Å². The van der Waals surface area contributed by atoms with Gasteiger partial charge in [0.15, 0.2) is 12.1 Å². The Morgan fingerprint density at radius 2 is 2.22 bits per heavy atom. The molecule has 1 saturated heterocycles. The smallest absolute Gasteiger partial charge is 0.183 e. The van der Waals surface area contributed by atoms with Crippen molar-refractivity contribution in [3.63, 3.8) is 0 Å². The first-order valence-electron chi connectivity index (χ1n) is 6.03. The lowest BCUT2D eigenvalue weighted by atomic mass is 10.2. The van der Waals surface area contributed by atoms with Crippen molar-refractivity contribution in [1.29, 1.82) is 0 Å². The van der Waals surface area contributed by atoms with Gasteiger partial charge in [0.25, 0.3) is 0 Å². The van der Waals surface area contributed by atoms with Gasteiger partial charge in [-0.3, -0.25) is 0 Å². The van der Waals surface area contributed by atoms with Crippen molar-refractivity contribution >= 4 is 19.4 Å². The Labute approximate surface area is 115 Å². The first-order valence-corrected chi connectivity index (χ1v) is 8.65. The van der Waals surface area contributed by atoms with Crippen LogP contribution in [0.25, 0.3) is 0 Å². The second-order valence-electron chi connectivity index (χ2n) is 4.53. The number of hydrogen-bond acceptors (Lipinski definition) is 6. The van der Waals surface area contributed by atoms with Crippen LogP contribution in [0.5, 0.6) is 0 Å². The third-order valence-corrected chi connectivity index (χ3v) is 4.60. The lowest BCUT2D eigenvalue weighted by Crippen LogP contribution is -2.35. The van der Waals surface area contributed by atoms with Crippen molar-refractivity contribution in [2.75, 3.05) is 19.5 Å². The van der Waals surface area contributed by atoms with Crippen LogP contribution in [0.2, 0.25) is 0 Å². The highest BCUT2D eigenvalue weighted by Gasteiger charge is 2.38. The van der Waals surface area contributed by atoms with Crippen LogP contribution >= 0.6 is 19.4 Å². The summed E-state index contributed by atoms with van der Waals surface area (Å²) in [7, 11) is 2.03. The first kappa shape index (κ1) is 16.6. The summed E-state index contributed by atoms with van der Waals surface area (Å²) >= 11 is 1.71. The summed E-state index contributed by atoms with van der Waals surface area (Å²) in [6.45, 7) is 5.94. The molecule has 0 aromatic carbocycles. The van der Waals surface area contributed by atoms with E-state index in [1.165, 1.54) is 0 Å². The normalized spacial score (nSPS) is 29.5. The van der Waals surface area contributed by atoms with E-state index in [0.717, 1.165) is 18.8 Å². The zero-order chi connectivity index (χ0) is 13.6. The van der Waals surface area contributed by atoms with Gasteiger partial charge in [-0.05, 0) is 20.8 Å². The van der Waals surface area contributed by atoms with Crippen LogP contribution in [0.15, 0.2) is 0 Å². The van der Waals surface area contributed by atoms with Crippen molar-refractivity contribution < 1.29 is 23.8 Å². The molecule has 0 aliphatic carbocycles. The Kier molecular flexibility index (Phi) is 7.39. The van der Waals surface area contributed by atoms with Crippen LogP contribution in [-0.2, 0) is 18.7 Å². The van der Waals surface area contributed by atoms with E-state index in [0.29, 0.717) is 8.01 Å². The molecule has 1 N–H and O–H groups in total. The first-order chi connectivity index (χ1) is 8.46. The average Bonchev–Trinajstić information content (AvgIpc) is 2.64. The molecule has 0 radical (unpaired) electrons. The highest BCUT2D eigenvalue weighted by molar-refractivity contribution is 8.48. The van der Waals surface area contributed by atoms with Crippen LogP contribution in [0, 0.1) is 0 Å². The topological polar surface area (TPSA) is 57.2 Å². The lowest BCUT2D eigenvalue weighted by Gasteiger charge is -2.25. The standard InChI is InChI=1S/C11H23O5PS/c1-5-14-17-18-7-8-6-9(10(13-4)15-8)16-11(2,3)12/h8-10,12,17H,5-7H2,1-4H3. The summed E-state index contributed by atoms with van der Waals surface area (Å²) in [5, 5.41) is 9.67. The van der Waals surface area contributed by atoms with E-state index in [-0.39, 0.29) is 12.2 Å². The molecule has 0 spiro atoms. The van der Waals surface area contributed by atoms with E-state index in [2.05, 4.69) is 0 Å². The molecule has 18 heavy (non-hydrogen) atoms. The highest BCUT2D eigenvalue weighted by Crippen LogP contribution is 2.35. The van der Waals surface area contributed by atoms with E-state index in [1.807, 2.05) is 6.92 Å². The van der Waals surface area contributed by atoms with E-state index in [1.54, 1.807) is 32.3 Å². The molecule has 1 fully saturated rings. The second kappa shape index (κ2) is 8.00. The summed E-state index contributed by atoms with van der Waals surface area (Å²) < 4.78 is 21.8. The lowest BCUT2D eigenvalue weighted by molar-refractivity contribution is -0.246. The highest BCUT2D eigenvalue weighted by atomic mass is 32.7. The summed E-state index contributed by atoms with van der Waals surface area (Å²) in [6.07, 6.45) is 0.181. The predicted molar refractivity (Wildman–Crippen MR) is 73.9 cm³/mol. The van der Waals surface area contributed by atoms with E-state index >= 15 is 0 Å². The number of hydrogen-bond donors (Lipinski definition) is 1. The van der Waals surface area contributed by atoms with E-state index in [4.69, 9.17) is 18.7 Å². The monoisotopic (exact) mass is 298 g/mol. The molecule has 4 atom stereocenters. The molecule has 1 heterocycles. The fourth-order valence-electron chi connectivity index (χ4n) is 1.72. The Morgan fingerprint density at radius 3 is 2.78 bits per heavy atom. The molecule has 0 amide bonds. The van der Waals surface area contributed by atoms with Crippen LogP contribution in [0.1, 0.15) is 27.2 Å². The molecule has 108 valence electrons. The van der Waals surface area contributed by atoms with Crippen LogP contribution in [0.4, 0.5) is 0 Å².